The Balaban J connectivity index is 2.63. The molecule has 0 aromatic heterocycles. The molecule has 0 aliphatic heterocycles. The van der Waals surface area contributed by atoms with E-state index in [0.717, 1.165) is 5.56 Å². The maximum absolute atomic E-state index is 5.82. The first-order chi connectivity index (χ1) is 6.61. The Kier molecular flexibility index (Phi) is 4.45. The topological polar surface area (TPSA) is 21.3 Å². The fourth-order valence-corrected chi connectivity index (χ4v) is 1.60. The molecule has 0 aliphatic carbocycles. The Bertz CT molecular complexity index is 323. The molecule has 1 aromatic carbocycles. The lowest BCUT2D eigenvalue weighted by Gasteiger charge is -2.06. The molecule has 1 rings (SSSR count). The zero-order valence-electron chi connectivity index (χ0n) is 7.51. The smallest absolute Gasteiger partial charge is 0.256 e. The van der Waals surface area contributed by atoms with Gasteiger partial charge in [0.25, 0.3) is 5.17 Å². The predicted octanol–water partition coefficient (Wildman–Crippen LogP) is 3.01. The number of rotatable bonds is 2. The Hall–Kier alpha value is -0.510. The van der Waals surface area contributed by atoms with Crippen molar-refractivity contribution in [3.05, 3.63) is 33.8 Å². The quantitative estimate of drug-likeness (QED) is 0.815. The zero-order valence-corrected chi connectivity index (χ0v) is 9.84. The Morgan fingerprint density at radius 3 is 2.43 bits per heavy atom. The highest BCUT2D eigenvalue weighted by Gasteiger charge is 1.99. The number of ether oxygens (including phenoxy) is 1. The van der Waals surface area contributed by atoms with Crippen LogP contribution >= 0.6 is 35.4 Å². The number of hydrogen-bond acceptors (Lipinski definition) is 2. The second-order valence-electron chi connectivity index (χ2n) is 2.62. The number of benzene rings is 1. The molecule has 14 heavy (non-hydrogen) atoms. The summed E-state index contributed by atoms with van der Waals surface area (Å²) in [6, 6.07) is 5.32. The third-order valence-electron chi connectivity index (χ3n) is 1.54. The fraction of sp³-hybridized carbons (Fsp3) is 0.222. The van der Waals surface area contributed by atoms with Gasteiger partial charge in [-0.3, -0.25) is 0 Å². The average molecular weight is 250 g/mol. The summed E-state index contributed by atoms with van der Waals surface area (Å²) < 4.78 is 4.79. The van der Waals surface area contributed by atoms with Crippen LogP contribution in [0.15, 0.2) is 18.2 Å². The summed E-state index contributed by atoms with van der Waals surface area (Å²) in [6.07, 6.45) is 0. The largest absolute Gasteiger partial charge is 0.474 e. The van der Waals surface area contributed by atoms with Gasteiger partial charge in [-0.25, -0.2) is 0 Å². The van der Waals surface area contributed by atoms with Gasteiger partial charge in [-0.15, -0.1) is 0 Å². The van der Waals surface area contributed by atoms with Crippen LogP contribution in [0, 0.1) is 0 Å². The van der Waals surface area contributed by atoms with Crippen LogP contribution in [0.1, 0.15) is 5.56 Å². The van der Waals surface area contributed by atoms with Gasteiger partial charge >= 0.3 is 0 Å². The molecule has 0 amide bonds. The molecule has 0 spiro atoms. The van der Waals surface area contributed by atoms with Crippen LogP contribution in [0.5, 0.6) is 0 Å². The first-order valence-electron chi connectivity index (χ1n) is 3.88. The molecule has 1 aromatic rings. The lowest BCUT2D eigenvalue weighted by molar-refractivity contribution is 0.392. The van der Waals surface area contributed by atoms with Crippen LogP contribution in [0.25, 0.3) is 0 Å². The van der Waals surface area contributed by atoms with Gasteiger partial charge in [0.05, 0.1) is 7.11 Å². The highest BCUT2D eigenvalue weighted by Crippen LogP contribution is 2.18. The van der Waals surface area contributed by atoms with Crippen LogP contribution in [0.4, 0.5) is 0 Å². The highest BCUT2D eigenvalue weighted by atomic mass is 35.5. The van der Waals surface area contributed by atoms with Crippen molar-refractivity contribution < 1.29 is 4.74 Å². The normalized spacial score (nSPS) is 9.64. The maximum Gasteiger partial charge on any atom is 0.256 e. The molecule has 0 bridgehead atoms. The van der Waals surface area contributed by atoms with Gasteiger partial charge in [0.15, 0.2) is 0 Å². The van der Waals surface area contributed by atoms with E-state index in [-0.39, 0.29) is 0 Å². The summed E-state index contributed by atoms with van der Waals surface area (Å²) in [5.74, 6) is 0. The summed E-state index contributed by atoms with van der Waals surface area (Å²) in [4.78, 5) is 0. The van der Waals surface area contributed by atoms with E-state index in [9.17, 15) is 0 Å². The number of halogens is 2. The van der Waals surface area contributed by atoms with Crippen molar-refractivity contribution in [3.63, 3.8) is 0 Å². The number of hydrogen-bond donors (Lipinski definition) is 1. The van der Waals surface area contributed by atoms with Gasteiger partial charge in [-0.1, -0.05) is 23.2 Å². The molecule has 0 fully saturated rings. The second kappa shape index (κ2) is 5.39. The first kappa shape index (κ1) is 11.6. The lowest BCUT2D eigenvalue weighted by Crippen LogP contribution is -2.21. The fourth-order valence-electron chi connectivity index (χ4n) is 0.959. The molecule has 2 nitrogen and oxygen atoms in total. The third-order valence-corrected chi connectivity index (χ3v) is 2.29. The van der Waals surface area contributed by atoms with Crippen molar-refractivity contribution >= 4 is 40.6 Å². The highest BCUT2D eigenvalue weighted by molar-refractivity contribution is 7.80. The molecule has 0 atom stereocenters. The molecule has 0 saturated heterocycles. The Morgan fingerprint density at radius 2 is 1.93 bits per heavy atom. The minimum atomic E-state index is 0.348. The maximum atomic E-state index is 5.82. The van der Waals surface area contributed by atoms with E-state index in [1.54, 1.807) is 6.07 Å². The van der Waals surface area contributed by atoms with Crippen LogP contribution in [-0.2, 0) is 11.3 Å². The van der Waals surface area contributed by atoms with Crippen molar-refractivity contribution in [1.29, 1.82) is 0 Å². The molecular weight excluding hydrogens is 241 g/mol. The summed E-state index contributed by atoms with van der Waals surface area (Å²) >= 11 is 16.5. The van der Waals surface area contributed by atoms with Crippen molar-refractivity contribution in [2.45, 2.75) is 6.54 Å². The molecule has 0 heterocycles. The summed E-state index contributed by atoms with van der Waals surface area (Å²) in [7, 11) is 1.51. The molecule has 0 unspecified atom stereocenters. The SMILES string of the molecule is COC(=S)NCc1cc(Cl)cc(Cl)c1. The Morgan fingerprint density at radius 1 is 1.36 bits per heavy atom. The van der Waals surface area contributed by atoms with E-state index in [1.807, 2.05) is 12.1 Å². The minimum absolute atomic E-state index is 0.348. The Labute approximate surface area is 98.2 Å². The monoisotopic (exact) mass is 249 g/mol. The summed E-state index contributed by atoms with van der Waals surface area (Å²) in [5.41, 5.74) is 0.960. The zero-order chi connectivity index (χ0) is 10.6. The van der Waals surface area contributed by atoms with Crippen molar-refractivity contribution in [2.24, 2.45) is 0 Å². The number of nitrogens with one attached hydrogen (secondary N) is 1. The molecule has 1 N–H and O–H groups in total. The van der Waals surface area contributed by atoms with E-state index >= 15 is 0 Å². The average Bonchev–Trinajstić information content (AvgIpc) is 2.12. The molecule has 76 valence electrons. The second-order valence-corrected chi connectivity index (χ2v) is 3.87. The van der Waals surface area contributed by atoms with Crippen LogP contribution in [0.3, 0.4) is 0 Å². The predicted molar refractivity (Wildman–Crippen MR) is 62.9 cm³/mol. The first-order valence-corrected chi connectivity index (χ1v) is 5.05. The van der Waals surface area contributed by atoms with E-state index in [4.69, 9.17) is 40.2 Å². The number of methoxy groups -OCH3 is 1. The van der Waals surface area contributed by atoms with E-state index in [2.05, 4.69) is 5.32 Å². The van der Waals surface area contributed by atoms with Gasteiger partial charge in [-0.2, -0.15) is 0 Å². The molecule has 0 saturated carbocycles. The van der Waals surface area contributed by atoms with Gasteiger partial charge in [-0.05, 0) is 36.0 Å². The van der Waals surface area contributed by atoms with Crippen molar-refractivity contribution in [3.8, 4) is 0 Å². The molecular formula is C9H9Cl2NOS. The van der Waals surface area contributed by atoms with Crippen LogP contribution < -0.4 is 5.32 Å². The van der Waals surface area contributed by atoms with Crippen LogP contribution in [0.2, 0.25) is 10.0 Å². The van der Waals surface area contributed by atoms with E-state index in [0.29, 0.717) is 21.8 Å². The summed E-state index contributed by atoms with van der Waals surface area (Å²) in [5, 5.41) is 4.46. The number of thiocarbonyl (C=S) groups is 1. The molecule has 0 radical (unpaired) electrons. The van der Waals surface area contributed by atoms with Gasteiger partial charge in [0, 0.05) is 16.6 Å². The lowest BCUT2D eigenvalue weighted by atomic mass is 10.2. The minimum Gasteiger partial charge on any atom is -0.474 e. The summed E-state index contributed by atoms with van der Waals surface area (Å²) in [6.45, 7) is 0.549. The van der Waals surface area contributed by atoms with E-state index < -0.39 is 0 Å². The standard InChI is InChI=1S/C9H9Cl2NOS/c1-13-9(14)12-5-6-2-7(10)4-8(11)3-6/h2-4H,5H2,1H3,(H,12,14). The van der Waals surface area contributed by atoms with Crippen molar-refractivity contribution in [2.75, 3.05) is 7.11 Å². The van der Waals surface area contributed by atoms with E-state index in [1.165, 1.54) is 7.11 Å². The van der Waals surface area contributed by atoms with Gasteiger partial charge in [0.1, 0.15) is 0 Å². The molecule has 0 aliphatic rings. The van der Waals surface area contributed by atoms with Gasteiger partial charge in [0.2, 0.25) is 0 Å². The van der Waals surface area contributed by atoms with Gasteiger partial charge < -0.3 is 10.1 Å². The van der Waals surface area contributed by atoms with Crippen molar-refractivity contribution in [1.82, 2.24) is 5.32 Å². The van der Waals surface area contributed by atoms with Crippen LogP contribution in [-0.4, -0.2) is 12.3 Å². The third kappa shape index (κ3) is 3.70. The molecule has 5 heteroatoms.